The molecule has 0 spiro atoms. The van der Waals surface area contributed by atoms with E-state index in [-0.39, 0.29) is 6.04 Å². The first-order valence-electron chi connectivity index (χ1n) is 12.1. The molecule has 1 aliphatic heterocycles. The molecule has 4 rings (SSSR count). The lowest BCUT2D eigenvalue weighted by Gasteiger charge is -2.40. The number of hydrogen-bond donors (Lipinski definition) is 0. The summed E-state index contributed by atoms with van der Waals surface area (Å²) in [5.74, 6) is 0.697. The van der Waals surface area contributed by atoms with Crippen molar-refractivity contribution < 1.29 is 30.7 Å². The Morgan fingerprint density at radius 1 is 1.05 bits per heavy atom. The van der Waals surface area contributed by atoms with E-state index in [1.165, 1.54) is 22.3 Å². The van der Waals surface area contributed by atoms with E-state index >= 15 is 0 Å². The lowest BCUT2D eigenvalue weighted by molar-refractivity contribution is -0.689. The highest BCUT2D eigenvalue weighted by Crippen LogP contribution is 2.37. The number of nitriles is 1. The van der Waals surface area contributed by atoms with E-state index in [4.69, 9.17) is 13.0 Å². The Kier molecular flexibility index (Phi) is 9.66. The molecule has 1 aromatic heterocycles. The third-order valence-corrected chi connectivity index (χ3v) is 7.18. The van der Waals surface area contributed by atoms with Gasteiger partial charge in [-0.3, -0.25) is 4.90 Å². The largest absolute Gasteiger partial charge is 0.741 e. The molecule has 0 bridgehead atoms. The fourth-order valence-electron chi connectivity index (χ4n) is 4.84. The van der Waals surface area contributed by atoms with Crippen molar-refractivity contribution in [1.82, 2.24) is 4.90 Å². The summed E-state index contributed by atoms with van der Waals surface area (Å²) in [5.41, 5.74) is -0.430. The molecule has 0 radical (unpaired) electrons. The van der Waals surface area contributed by atoms with Gasteiger partial charge < -0.3 is 4.55 Å². The van der Waals surface area contributed by atoms with Crippen LogP contribution in [0, 0.1) is 24.2 Å². The molecule has 3 atom stereocenters. The molecular weight excluding hydrogens is 515 g/mol. The van der Waals surface area contributed by atoms with E-state index in [0.29, 0.717) is 11.8 Å². The van der Waals surface area contributed by atoms with Gasteiger partial charge >= 0.3 is 5.51 Å². The quantitative estimate of drug-likeness (QED) is 0.259. The van der Waals surface area contributed by atoms with Gasteiger partial charge in [-0.2, -0.15) is 18.4 Å². The zero-order valence-electron chi connectivity index (χ0n) is 21.2. The number of benzene rings is 2. The highest BCUT2D eigenvalue weighted by Gasteiger charge is 2.37. The molecule has 38 heavy (non-hydrogen) atoms. The van der Waals surface area contributed by atoms with E-state index in [0.717, 1.165) is 26.1 Å². The molecule has 1 aliphatic rings. The van der Waals surface area contributed by atoms with Crippen molar-refractivity contribution in [3.63, 3.8) is 0 Å². The average molecular weight is 546 g/mol. The first-order chi connectivity index (χ1) is 17.9. The predicted octanol–water partition coefficient (Wildman–Crippen LogP) is 4.90. The highest BCUT2D eigenvalue weighted by atomic mass is 32.2. The van der Waals surface area contributed by atoms with Gasteiger partial charge in [0.15, 0.2) is 29.1 Å². The first-order valence-corrected chi connectivity index (χ1v) is 13.5. The number of rotatable bonds is 5. The number of likely N-dealkylation sites (tertiary alicyclic amines) is 1. The number of aromatic nitrogens is 1. The van der Waals surface area contributed by atoms with Crippen LogP contribution in [0.3, 0.4) is 0 Å². The van der Waals surface area contributed by atoms with Crippen LogP contribution in [-0.4, -0.2) is 36.0 Å². The van der Waals surface area contributed by atoms with Crippen molar-refractivity contribution in [3.05, 3.63) is 101 Å². The molecule has 6 nitrogen and oxygen atoms in total. The Balaban J connectivity index is 0.000000436. The van der Waals surface area contributed by atoms with Crippen LogP contribution in [-0.2, 0) is 23.2 Å². The minimum absolute atomic E-state index is 0.0629. The molecule has 2 heterocycles. The molecule has 0 unspecified atom stereocenters. The van der Waals surface area contributed by atoms with Crippen LogP contribution in [0.2, 0.25) is 0 Å². The van der Waals surface area contributed by atoms with Gasteiger partial charge in [-0.05, 0) is 36.8 Å². The van der Waals surface area contributed by atoms with Crippen LogP contribution >= 0.6 is 0 Å². The Bertz CT molecular complexity index is 1340. The number of hydrogen-bond acceptors (Lipinski definition) is 5. The Morgan fingerprint density at radius 2 is 1.61 bits per heavy atom. The second kappa shape index (κ2) is 12.5. The summed E-state index contributed by atoms with van der Waals surface area (Å²) in [5, 5.41) is 9.98. The van der Waals surface area contributed by atoms with E-state index in [2.05, 4.69) is 102 Å². The second-order valence-electron chi connectivity index (χ2n) is 9.49. The molecule has 0 amide bonds. The number of nitrogens with zero attached hydrogens (tertiary/aromatic N) is 3. The number of halogens is 3. The molecule has 1 saturated heterocycles. The van der Waals surface area contributed by atoms with Gasteiger partial charge in [0.2, 0.25) is 0 Å². The standard InChI is InChI=1S/C27H30N3.CHF3O3S/c1-21-15-25(20-29(17-21)18-23-9-5-3-6-10-23)26-13-14-30(27(16-28)22(26)2)19-24-11-7-4-8-12-24;2-1(3,4)8(5,6)7/h3-12,15,17,20,22,26-27H,13-14,18-19H2,1-2H3;(H,5,6,7)/q+1;/p-1/t22-,26+,27-;/m0./s1. The minimum atomic E-state index is -6.09. The monoisotopic (exact) mass is 545 g/mol. The van der Waals surface area contributed by atoms with Crippen LogP contribution in [0.25, 0.3) is 0 Å². The van der Waals surface area contributed by atoms with Crippen molar-refractivity contribution in [2.75, 3.05) is 6.54 Å². The normalized spacial score (nSPS) is 20.2. The summed E-state index contributed by atoms with van der Waals surface area (Å²) in [4.78, 5) is 2.35. The van der Waals surface area contributed by atoms with E-state index in [9.17, 15) is 18.4 Å². The van der Waals surface area contributed by atoms with Gasteiger partial charge in [0.25, 0.3) is 0 Å². The maximum Gasteiger partial charge on any atom is 0.485 e. The van der Waals surface area contributed by atoms with Crippen molar-refractivity contribution in [2.45, 2.75) is 50.8 Å². The summed E-state index contributed by atoms with van der Waals surface area (Å²) in [6.07, 6.45) is 5.59. The molecule has 2 aromatic carbocycles. The fraction of sp³-hybridized carbons (Fsp3) is 0.357. The van der Waals surface area contributed by atoms with Gasteiger partial charge in [0.05, 0.1) is 6.07 Å². The van der Waals surface area contributed by atoms with E-state index in [1.807, 2.05) is 6.07 Å². The SMILES string of the molecule is Cc1cc([C@@H]2CCN(Cc3ccccc3)[C@@H](C#N)[C@H]2C)c[n+](Cc2ccccc2)c1.O=S(=O)([O-])C(F)(F)F. The van der Waals surface area contributed by atoms with Crippen LogP contribution in [0.15, 0.2) is 79.1 Å². The van der Waals surface area contributed by atoms with Gasteiger partial charge in [0, 0.05) is 29.8 Å². The summed E-state index contributed by atoms with van der Waals surface area (Å²) in [6, 6.07) is 25.9. The maximum absolute atomic E-state index is 10.7. The van der Waals surface area contributed by atoms with Crippen molar-refractivity contribution >= 4 is 10.1 Å². The van der Waals surface area contributed by atoms with Crippen molar-refractivity contribution in [2.24, 2.45) is 5.92 Å². The molecule has 1 fully saturated rings. The highest BCUT2D eigenvalue weighted by molar-refractivity contribution is 7.86. The number of pyridine rings is 1. The van der Waals surface area contributed by atoms with Crippen molar-refractivity contribution in [1.29, 1.82) is 5.26 Å². The summed E-state index contributed by atoms with van der Waals surface area (Å²) < 4.78 is 61.2. The zero-order valence-corrected chi connectivity index (χ0v) is 22.0. The number of piperidine rings is 1. The number of aryl methyl sites for hydroxylation is 1. The third-order valence-electron chi connectivity index (χ3n) is 6.61. The molecule has 0 aliphatic carbocycles. The molecule has 3 aromatic rings. The minimum Gasteiger partial charge on any atom is -0.741 e. The fourth-order valence-corrected chi connectivity index (χ4v) is 4.84. The third kappa shape index (κ3) is 7.87. The van der Waals surface area contributed by atoms with Gasteiger partial charge in [0.1, 0.15) is 6.04 Å². The Labute approximate surface area is 221 Å². The second-order valence-corrected chi connectivity index (χ2v) is 10.9. The first kappa shape index (κ1) is 29.3. The van der Waals surface area contributed by atoms with Gasteiger partial charge in [-0.1, -0.05) is 67.6 Å². The van der Waals surface area contributed by atoms with Crippen LogP contribution in [0.4, 0.5) is 13.2 Å². The summed E-state index contributed by atoms with van der Waals surface area (Å²) in [6.45, 7) is 7.09. The van der Waals surface area contributed by atoms with Crippen molar-refractivity contribution in [3.8, 4) is 6.07 Å². The molecule has 202 valence electrons. The zero-order chi connectivity index (χ0) is 27.9. The van der Waals surface area contributed by atoms with E-state index in [1.54, 1.807) is 0 Å². The van der Waals surface area contributed by atoms with Crippen LogP contribution in [0.5, 0.6) is 0 Å². The Hall–Kier alpha value is -3.26. The Morgan fingerprint density at radius 3 is 2.13 bits per heavy atom. The molecule has 0 N–H and O–H groups in total. The molecular formula is C28H30F3N3O3S. The van der Waals surface area contributed by atoms with Crippen LogP contribution < -0.4 is 4.57 Å². The lowest BCUT2D eigenvalue weighted by Crippen LogP contribution is -2.46. The maximum atomic E-state index is 10.7. The molecule has 10 heteroatoms. The topological polar surface area (TPSA) is 88.1 Å². The summed E-state index contributed by atoms with van der Waals surface area (Å²) in [7, 11) is -6.09. The summed E-state index contributed by atoms with van der Waals surface area (Å²) >= 11 is 0. The number of alkyl halides is 3. The van der Waals surface area contributed by atoms with E-state index < -0.39 is 15.6 Å². The lowest BCUT2D eigenvalue weighted by atomic mass is 9.77. The smallest absolute Gasteiger partial charge is 0.485 e. The van der Waals surface area contributed by atoms with Gasteiger partial charge in [-0.25, -0.2) is 13.0 Å². The van der Waals surface area contributed by atoms with Crippen LogP contribution in [0.1, 0.15) is 41.5 Å². The van der Waals surface area contributed by atoms with Gasteiger partial charge in [-0.15, -0.1) is 0 Å². The average Bonchev–Trinajstić information content (AvgIpc) is 2.84. The predicted molar refractivity (Wildman–Crippen MR) is 135 cm³/mol. The molecule has 0 saturated carbocycles.